The average molecular weight is 451 g/mol. The Morgan fingerprint density at radius 2 is 1.69 bits per heavy atom. The SMILES string of the molecule is Cc1ccc(-n2c(C)cc(/C=C3\SC(=O)N(CCOc4ccc(F)cc4)C3=O)c2C)cc1. The van der Waals surface area contributed by atoms with Gasteiger partial charge in [0.15, 0.2) is 0 Å². The maximum Gasteiger partial charge on any atom is 0.293 e. The number of thioether (sulfide) groups is 1. The van der Waals surface area contributed by atoms with E-state index in [1.165, 1.54) is 34.7 Å². The Kier molecular flexibility index (Phi) is 6.19. The Morgan fingerprint density at radius 3 is 2.38 bits per heavy atom. The molecule has 3 aromatic rings. The van der Waals surface area contributed by atoms with E-state index in [4.69, 9.17) is 4.74 Å². The number of benzene rings is 2. The summed E-state index contributed by atoms with van der Waals surface area (Å²) >= 11 is 0.931. The number of imide groups is 1. The third-order valence-corrected chi connectivity index (χ3v) is 6.23. The molecule has 0 bridgehead atoms. The number of nitrogens with zero attached hydrogens (tertiary/aromatic N) is 2. The summed E-state index contributed by atoms with van der Waals surface area (Å²) in [5.41, 5.74) is 5.18. The summed E-state index contributed by atoms with van der Waals surface area (Å²) in [6, 6.07) is 15.9. The molecule has 0 N–H and O–H groups in total. The van der Waals surface area contributed by atoms with Crippen molar-refractivity contribution in [2.45, 2.75) is 20.8 Å². The second-order valence-corrected chi connectivity index (χ2v) is 8.63. The van der Waals surface area contributed by atoms with Gasteiger partial charge in [-0.1, -0.05) is 17.7 Å². The van der Waals surface area contributed by atoms with Crippen molar-refractivity contribution in [3.05, 3.63) is 87.8 Å². The summed E-state index contributed by atoms with van der Waals surface area (Å²) in [4.78, 5) is 26.8. The summed E-state index contributed by atoms with van der Waals surface area (Å²) in [5, 5.41) is -0.323. The van der Waals surface area contributed by atoms with Crippen LogP contribution in [0.5, 0.6) is 5.75 Å². The number of carbonyl (C=O) groups is 2. The molecular weight excluding hydrogens is 427 g/mol. The van der Waals surface area contributed by atoms with Crippen LogP contribution in [0.3, 0.4) is 0 Å². The van der Waals surface area contributed by atoms with Crippen LogP contribution in [0, 0.1) is 26.6 Å². The largest absolute Gasteiger partial charge is 0.492 e. The van der Waals surface area contributed by atoms with E-state index in [0.29, 0.717) is 10.7 Å². The third-order valence-electron chi connectivity index (χ3n) is 5.32. The highest BCUT2D eigenvalue weighted by Crippen LogP contribution is 2.33. The van der Waals surface area contributed by atoms with Crippen molar-refractivity contribution in [2.24, 2.45) is 0 Å². The van der Waals surface area contributed by atoms with Crippen molar-refractivity contribution in [2.75, 3.05) is 13.2 Å². The van der Waals surface area contributed by atoms with Crippen molar-refractivity contribution in [1.82, 2.24) is 9.47 Å². The average Bonchev–Trinajstić information content (AvgIpc) is 3.19. The first-order valence-electron chi connectivity index (χ1n) is 10.2. The number of rotatable bonds is 6. The molecule has 164 valence electrons. The number of halogens is 1. The number of amides is 2. The van der Waals surface area contributed by atoms with E-state index in [-0.39, 0.29) is 30.1 Å². The number of aromatic nitrogens is 1. The van der Waals surface area contributed by atoms with Crippen LogP contribution >= 0.6 is 11.8 Å². The van der Waals surface area contributed by atoms with Crippen molar-refractivity contribution >= 4 is 29.0 Å². The van der Waals surface area contributed by atoms with Crippen LogP contribution in [0.15, 0.2) is 59.5 Å². The summed E-state index contributed by atoms with van der Waals surface area (Å²) in [6.07, 6.45) is 1.78. The fraction of sp³-hybridized carbons (Fsp3) is 0.200. The highest BCUT2D eigenvalue weighted by molar-refractivity contribution is 8.18. The fourth-order valence-corrected chi connectivity index (χ4v) is 4.50. The molecule has 1 aliphatic rings. The molecule has 0 radical (unpaired) electrons. The maximum absolute atomic E-state index is 13.0. The van der Waals surface area contributed by atoms with Crippen molar-refractivity contribution in [3.63, 3.8) is 0 Å². The standard InChI is InChI=1S/C25H23FN2O3S/c1-16-4-8-21(9-5-16)28-17(2)14-19(18(28)3)15-23-24(29)27(25(30)32-23)12-13-31-22-10-6-20(26)7-11-22/h4-11,14-15H,12-13H2,1-3H3/b23-15-. The second-order valence-electron chi connectivity index (χ2n) is 7.63. The second kappa shape index (κ2) is 9.04. The number of carbonyl (C=O) groups excluding carboxylic acids is 2. The van der Waals surface area contributed by atoms with E-state index < -0.39 is 0 Å². The van der Waals surface area contributed by atoms with E-state index in [9.17, 15) is 14.0 Å². The lowest BCUT2D eigenvalue weighted by atomic mass is 10.2. The minimum absolute atomic E-state index is 0.127. The van der Waals surface area contributed by atoms with E-state index in [2.05, 4.69) is 28.8 Å². The zero-order valence-electron chi connectivity index (χ0n) is 18.1. The van der Waals surface area contributed by atoms with Gasteiger partial charge in [0.05, 0.1) is 11.4 Å². The first kappa shape index (κ1) is 21.9. The summed E-state index contributed by atoms with van der Waals surface area (Å²) in [6.45, 7) is 6.33. The minimum atomic E-state index is -0.352. The highest BCUT2D eigenvalue weighted by atomic mass is 32.2. The lowest BCUT2D eigenvalue weighted by Gasteiger charge is -2.13. The van der Waals surface area contributed by atoms with Gasteiger partial charge in [-0.3, -0.25) is 14.5 Å². The molecule has 0 spiro atoms. The van der Waals surface area contributed by atoms with Gasteiger partial charge in [0.2, 0.25) is 0 Å². The van der Waals surface area contributed by atoms with Crippen LogP contribution < -0.4 is 4.74 Å². The highest BCUT2D eigenvalue weighted by Gasteiger charge is 2.35. The molecule has 1 fully saturated rings. The van der Waals surface area contributed by atoms with E-state index in [1.807, 2.05) is 26.8 Å². The van der Waals surface area contributed by atoms with Crippen LogP contribution in [0.1, 0.15) is 22.5 Å². The van der Waals surface area contributed by atoms with Crippen molar-refractivity contribution in [3.8, 4) is 11.4 Å². The molecule has 7 heteroatoms. The first-order valence-corrected chi connectivity index (χ1v) is 11.0. The zero-order valence-corrected chi connectivity index (χ0v) is 18.9. The molecular formula is C25H23FN2O3S. The van der Waals surface area contributed by atoms with Gasteiger partial charge in [0.25, 0.3) is 11.1 Å². The number of aryl methyl sites for hydroxylation is 2. The third kappa shape index (κ3) is 4.48. The molecule has 4 rings (SSSR count). The molecule has 2 amide bonds. The van der Waals surface area contributed by atoms with Gasteiger partial charge in [-0.05, 0) is 86.6 Å². The summed E-state index contributed by atoms with van der Waals surface area (Å²) in [5.74, 6) is -0.199. The van der Waals surface area contributed by atoms with Gasteiger partial charge >= 0.3 is 0 Å². The molecule has 2 aromatic carbocycles. The number of hydrogen-bond donors (Lipinski definition) is 0. The molecule has 0 saturated carbocycles. The van der Waals surface area contributed by atoms with Crippen LogP contribution in [0.2, 0.25) is 0 Å². The minimum Gasteiger partial charge on any atom is -0.492 e. The molecule has 1 saturated heterocycles. The zero-order chi connectivity index (χ0) is 22.8. The predicted molar refractivity (Wildman–Crippen MR) is 125 cm³/mol. The molecule has 0 atom stereocenters. The van der Waals surface area contributed by atoms with Gasteiger partial charge in [-0.25, -0.2) is 4.39 Å². The lowest BCUT2D eigenvalue weighted by molar-refractivity contribution is -0.123. The fourth-order valence-electron chi connectivity index (χ4n) is 3.64. The van der Waals surface area contributed by atoms with E-state index >= 15 is 0 Å². The van der Waals surface area contributed by atoms with Crippen LogP contribution in [0.4, 0.5) is 9.18 Å². The Bertz CT molecular complexity index is 1200. The smallest absolute Gasteiger partial charge is 0.293 e. The van der Waals surface area contributed by atoms with E-state index in [1.54, 1.807) is 6.08 Å². The molecule has 0 aliphatic carbocycles. The molecule has 2 heterocycles. The molecule has 5 nitrogen and oxygen atoms in total. The number of hydrogen-bond acceptors (Lipinski definition) is 4. The Morgan fingerprint density at radius 1 is 1.00 bits per heavy atom. The molecule has 1 aromatic heterocycles. The lowest BCUT2D eigenvalue weighted by Crippen LogP contribution is -2.32. The van der Waals surface area contributed by atoms with Crippen molar-refractivity contribution in [1.29, 1.82) is 0 Å². The Hall–Kier alpha value is -3.32. The van der Waals surface area contributed by atoms with E-state index in [0.717, 1.165) is 34.4 Å². The number of ether oxygens (including phenoxy) is 1. The van der Waals surface area contributed by atoms with Crippen molar-refractivity contribution < 1.29 is 18.7 Å². The van der Waals surface area contributed by atoms with Crippen LogP contribution in [-0.4, -0.2) is 33.8 Å². The topological polar surface area (TPSA) is 51.5 Å². The van der Waals surface area contributed by atoms with Gasteiger partial charge in [-0.15, -0.1) is 0 Å². The first-order chi connectivity index (χ1) is 15.3. The summed E-state index contributed by atoms with van der Waals surface area (Å²) < 4.78 is 20.6. The van der Waals surface area contributed by atoms with Crippen LogP contribution in [-0.2, 0) is 4.79 Å². The van der Waals surface area contributed by atoms with Crippen LogP contribution in [0.25, 0.3) is 11.8 Å². The summed E-state index contributed by atoms with van der Waals surface area (Å²) in [7, 11) is 0. The molecule has 1 aliphatic heterocycles. The Labute approximate surface area is 190 Å². The molecule has 32 heavy (non-hydrogen) atoms. The van der Waals surface area contributed by atoms with Gasteiger partial charge in [0.1, 0.15) is 18.2 Å². The maximum atomic E-state index is 13.0. The van der Waals surface area contributed by atoms with Gasteiger partial charge in [-0.2, -0.15) is 0 Å². The monoisotopic (exact) mass is 450 g/mol. The van der Waals surface area contributed by atoms with Gasteiger partial charge in [0, 0.05) is 17.1 Å². The predicted octanol–water partition coefficient (Wildman–Crippen LogP) is 5.66. The molecule has 0 unspecified atom stereocenters. The Balaban J connectivity index is 1.48. The quantitative estimate of drug-likeness (QED) is 0.455. The van der Waals surface area contributed by atoms with Gasteiger partial charge < -0.3 is 9.30 Å². The normalized spacial score (nSPS) is 15.1.